The third-order valence-corrected chi connectivity index (χ3v) is 5.04. The summed E-state index contributed by atoms with van der Waals surface area (Å²) in [7, 11) is -3.40. The van der Waals surface area contributed by atoms with Crippen LogP contribution < -0.4 is 4.72 Å². The molecule has 7 nitrogen and oxygen atoms in total. The number of alkyl halides is 1. The molecule has 130 valence electrons. The number of carbonyl (C=O) groups excluding carboxylic acids is 1. The number of carbonyl (C=O) groups is 1. The molecule has 1 aliphatic heterocycles. The minimum atomic E-state index is -3.40. The van der Waals surface area contributed by atoms with Crippen molar-refractivity contribution in [3.63, 3.8) is 0 Å². The average molecular weight is 371 g/mol. The molecular weight excluding hydrogens is 352 g/mol. The number of ketones is 1. The third-order valence-electron chi connectivity index (χ3n) is 3.48. The van der Waals surface area contributed by atoms with Crippen molar-refractivity contribution in [3.8, 4) is 0 Å². The van der Waals surface area contributed by atoms with Crippen LogP contribution in [0.25, 0.3) is 0 Å². The number of nitrogens with one attached hydrogen (secondary N) is 1. The number of allylic oxidation sites excluding steroid dienone is 1. The third kappa shape index (κ3) is 5.38. The van der Waals surface area contributed by atoms with Crippen molar-refractivity contribution in [2.75, 3.05) is 16.4 Å². The van der Waals surface area contributed by atoms with Gasteiger partial charge in [-0.25, -0.2) is 18.4 Å². The van der Waals surface area contributed by atoms with Crippen LogP contribution in [0.2, 0.25) is 0 Å². The smallest absolute Gasteiger partial charge is 0.236 e. The van der Waals surface area contributed by atoms with Crippen LogP contribution in [0.15, 0.2) is 28.9 Å². The molecule has 1 N–H and O–H groups in total. The Kier molecular flexibility index (Phi) is 6.44. The van der Waals surface area contributed by atoms with E-state index < -0.39 is 10.0 Å². The number of rotatable bonds is 8. The second-order valence-corrected chi connectivity index (χ2v) is 7.60. The maximum Gasteiger partial charge on any atom is 0.236 e. The van der Waals surface area contributed by atoms with Crippen LogP contribution in [-0.2, 0) is 21.2 Å². The van der Waals surface area contributed by atoms with Gasteiger partial charge in [-0.3, -0.25) is 14.5 Å². The first kappa shape index (κ1) is 18.5. The molecule has 2 rings (SSSR count). The molecule has 0 saturated heterocycles. The summed E-state index contributed by atoms with van der Waals surface area (Å²) in [5.41, 5.74) is 1.43. The summed E-state index contributed by atoms with van der Waals surface area (Å²) in [4.78, 5) is 24.2. The highest BCUT2D eigenvalue weighted by Gasteiger charge is 2.18. The highest BCUT2D eigenvalue weighted by atomic mass is 35.5. The van der Waals surface area contributed by atoms with Gasteiger partial charge in [-0.2, -0.15) is 0 Å². The maximum absolute atomic E-state index is 11.9. The lowest BCUT2D eigenvalue weighted by atomic mass is 10.0. The number of hydrogen-bond donors (Lipinski definition) is 1. The quantitative estimate of drug-likeness (QED) is 0.702. The maximum atomic E-state index is 11.9. The Labute approximate surface area is 146 Å². The summed E-state index contributed by atoms with van der Waals surface area (Å²) < 4.78 is 25.4. The Hall–Kier alpha value is -1.80. The molecule has 0 amide bonds. The van der Waals surface area contributed by atoms with Crippen LogP contribution in [0.1, 0.15) is 25.5 Å². The van der Waals surface area contributed by atoms with Crippen LogP contribution in [0, 0.1) is 0 Å². The van der Waals surface area contributed by atoms with Gasteiger partial charge in [0.2, 0.25) is 16.0 Å². The Morgan fingerprint density at radius 3 is 2.83 bits per heavy atom. The van der Waals surface area contributed by atoms with Gasteiger partial charge < -0.3 is 0 Å². The van der Waals surface area contributed by atoms with Crippen molar-refractivity contribution < 1.29 is 13.2 Å². The predicted molar refractivity (Wildman–Crippen MR) is 94.1 cm³/mol. The fraction of sp³-hybridized carbons (Fsp3) is 0.467. The van der Waals surface area contributed by atoms with E-state index in [-0.39, 0.29) is 29.4 Å². The number of dihydropyridines is 1. The lowest BCUT2D eigenvalue weighted by molar-refractivity contribution is -0.115. The van der Waals surface area contributed by atoms with Crippen molar-refractivity contribution in [3.05, 3.63) is 29.6 Å². The standard InChI is InChI=1S/C15H19ClN4O3S/c1-2-24(22,23)20-15-17-7-6-12(19-15)4-3-5-13-14(21)8-11(9-16)10-18-13/h6-8,10,13H,2-5,9H2,1H3,(H,17,19,20). The highest BCUT2D eigenvalue weighted by molar-refractivity contribution is 7.92. The van der Waals surface area contributed by atoms with E-state index in [0.29, 0.717) is 25.0 Å². The summed E-state index contributed by atoms with van der Waals surface area (Å²) in [6.45, 7) is 1.54. The Bertz CT molecular complexity index is 762. The summed E-state index contributed by atoms with van der Waals surface area (Å²) in [6, 6.07) is 1.35. The van der Waals surface area contributed by atoms with Crippen LogP contribution in [0.5, 0.6) is 0 Å². The van der Waals surface area contributed by atoms with Gasteiger partial charge in [-0.1, -0.05) is 0 Å². The van der Waals surface area contributed by atoms with Crippen molar-refractivity contribution in [1.82, 2.24) is 9.97 Å². The predicted octanol–water partition coefficient (Wildman–Crippen LogP) is 1.75. The lowest BCUT2D eigenvalue weighted by Crippen LogP contribution is -2.21. The van der Waals surface area contributed by atoms with E-state index in [2.05, 4.69) is 19.7 Å². The number of sulfonamides is 1. The molecule has 9 heteroatoms. The highest BCUT2D eigenvalue weighted by Crippen LogP contribution is 2.14. The Balaban J connectivity index is 1.88. The average Bonchev–Trinajstić information content (AvgIpc) is 2.56. The van der Waals surface area contributed by atoms with E-state index in [4.69, 9.17) is 11.6 Å². The first-order valence-corrected chi connectivity index (χ1v) is 9.78. The van der Waals surface area contributed by atoms with E-state index in [0.717, 1.165) is 5.57 Å². The molecule has 2 heterocycles. The van der Waals surface area contributed by atoms with Gasteiger partial charge in [0.15, 0.2) is 5.78 Å². The summed E-state index contributed by atoms with van der Waals surface area (Å²) in [5, 5.41) is 0. The summed E-state index contributed by atoms with van der Waals surface area (Å²) in [6.07, 6.45) is 6.59. The van der Waals surface area contributed by atoms with Gasteiger partial charge >= 0.3 is 0 Å². The summed E-state index contributed by atoms with van der Waals surface area (Å²) >= 11 is 5.67. The number of aliphatic imine (C=N–C) groups is 1. The molecule has 1 atom stereocenters. The van der Waals surface area contributed by atoms with Crippen molar-refractivity contribution in [1.29, 1.82) is 0 Å². The molecule has 1 unspecified atom stereocenters. The molecule has 1 aliphatic rings. The number of halogens is 1. The van der Waals surface area contributed by atoms with Crippen LogP contribution in [0.3, 0.4) is 0 Å². The van der Waals surface area contributed by atoms with Crippen LogP contribution >= 0.6 is 11.6 Å². The molecule has 0 radical (unpaired) electrons. The molecule has 0 saturated carbocycles. The minimum Gasteiger partial charge on any atom is -0.292 e. The Morgan fingerprint density at radius 2 is 2.17 bits per heavy atom. The van der Waals surface area contributed by atoms with Gasteiger partial charge in [0.25, 0.3) is 0 Å². The van der Waals surface area contributed by atoms with Gasteiger partial charge in [0.05, 0.1) is 5.75 Å². The fourth-order valence-electron chi connectivity index (χ4n) is 2.14. The largest absolute Gasteiger partial charge is 0.292 e. The van der Waals surface area contributed by atoms with E-state index >= 15 is 0 Å². The molecule has 0 aromatic carbocycles. The second kappa shape index (κ2) is 8.34. The zero-order valence-electron chi connectivity index (χ0n) is 13.3. The molecule has 0 aliphatic carbocycles. The normalized spacial score (nSPS) is 17.7. The molecule has 1 aromatic rings. The number of aryl methyl sites for hydroxylation is 1. The fourth-order valence-corrected chi connectivity index (χ4v) is 2.80. The number of anilines is 1. The number of aromatic nitrogens is 2. The second-order valence-electron chi connectivity index (χ2n) is 5.32. The van der Waals surface area contributed by atoms with Crippen molar-refractivity contribution in [2.45, 2.75) is 32.2 Å². The Morgan fingerprint density at radius 1 is 1.38 bits per heavy atom. The lowest BCUT2D eigenvalue weighted by Gasteiger charge is -2.13. The van der Waals surface area contributed by atoms with Gasteiger partial charge in [-0.15, -0.1) is 11.6 Å². The first-order chi connectivity index (χ1) is 11.4. The van der Waals surface area contributed by atoms with Crippen LogP contribution in [0.4, 0.5) is 5.95 Å². The number of hydrogen-bond acceptors (Lipinski definition) is 6. The SMILES string of the molecule is CCS(=O)(=O)Nc1nccc(CCCC2N=CC(CCl)=CC2=O)n1. The minimum absolute atomic E-state index is 0.0350. The number of nitrogens with zero attached hydrogens (tertiary/aromatic N) is 3. The van der Waals surface area contributed by atoms with Gasteiger partial charge in [-0.05, 0) is 43.9 Å². The molecule has 1 aromatic heterocycles. The van der Waals surface area contributed by atoms with Crippen molar-refractivity contribution >= 4 is 39.6 Å². The topological polar surface area (TPSA) is 101 Å². The van der Waals surface area contributed by atoms with Gasteiger partial charge in [0, 0.05) is 24.0 Å². The monoisotopic (exact) mass is 370 g/mol. The summed E-state index contributed by atoms with van der Waals surface area (Å²) in [5.74, 6) is 0.266. The molecule has 0 fully saturated rings. The van der Waals surface area contributed by atoms with E-state index in [1.54, 1.807) is 12.3 Å². The molecular formula is C15H19ClN4O3S. The molecule has 24 heavy (non-hydrogen) atoms. The zero-order chi connectivity index (χ0) is 17.6. The van der Waals surface area contributed by atoms with E-state index in [1.807, 2.05) is 0 Å². The van der Waals surface area contributed by atoms with E-state index in [9.17, 15) is 13.2 Å². The van der Waals surface area contributed by atoms with Gasteiger partial charge in [0.1, 0.15) is 6.04 Å². The zero-order valence-corrected chi connectivity index (χ0v) is 14.8. The van der Waals surface area contributed by atoms with Crippen LogP contribution in [-0.4, -0.2) is 48.1 Å². The molecule has 0 bridgehead atoms. The molecule has 0 spiro atoms. The van der Waals surface area contributed by atoms with Crippen molar-refractivity contribution in [2.24, 2.45) is 4.99 Å². The first-order valence-electron chi connectivity index (χ1n) is 7.59. The van der Waals surface area contributed by atoms with E-state index in [1.165, 1.54) is 19.2 Å².